The molecule has 6 heteroatoms. The summed E-state index contributed by atoms with van der Waals surface area (Å²) in [6.45, 7) is 12.7. The lowest BCUT2D eigenvalue weighted by molar-refractivity contribution is 0.571. The van der Waals surface area contributed by atoms with E-state index < -0.39 is 0 Å². The van der Waals surface area contributed by atoms with E-state index in [9.17, 15) is 0 Å². The van der Waals surface area contributed by atoms with Crippen molar-refractivity contribution >= 4 is 41.3 Å². The molecule has 0 radical (unpaired) electrons. The molecule has 1 saturated carbocycles. The van der Waals surface area contributed by atoms with Gasteiger partial charge in [-0.1, -0.05) is 27.7 Å². The Morgan fingerprint density at radius 1 is 1.45 bits per heavy atom. The van der Waals surface area contributed by atoms with Crippen molar-refractivity contribution in [3.05, 3.63) is 16.1 Å². The minimum absolute atomic E-state index is 0. The summed E-state index contributed by atoms with van der Waals surface area (Å²) in [6, 6.07) is 0.607. The smallest absolute Gasteiger partial charge is 0.191 e. The summed E-state index contributed by atoms with van der Waals surface area (Å²) in [4.78, 5) is 9.37. The van der Waals surface area contributed by atoms with Crippen molar-refractivity contribution in [1.82, 2.24) is 15.6 Å². The number of nitrogens with one attached hydrogen (secondary N) is 2. The van der Waals surface area contributed by atoms with Gasteiger partial charge in [0.25, 0.3) is 0 Å². The van der Waals surface area contributed by atoms with Gasteiger partial charge < -0.3 is 10.6 Å². The molecular weight excluding hydrogens is 407 g/mol. The molecule has 2 N–H and O–H groups in total. The molecule has 0 aromatic carbocycles. The minimum atomic E-state index is 0. The molecule has 1 aliphatic rings. The summed E-state index contributed by atoms with van der Waals surface area (Å²) in [5, 5.41) is 10.1. The second kappa shape index (κ2) is 8.47. The first-order valence-electron chi connectivity index (χ1n) is 7.90. The van der Waals surface area contributed by atoms with E-state index in [1.807, 2.05) is 0 Å². The van der Waals surface area contributed by atoms with E-state index in [-0.39, 0.29) is 29.4 Å². The van der Waals surface area contributed by atoms with Gasteiger partial charge in [0.05, 0.1) is 10.7 Å². The molecule has 2 rings (SSSR count). The fourth-order valence-corrected chi connectivity index (χ4v) is 3.07. The van der Waals surface area contributed by atoms with Crippen LogP contribution >= 0.6 is 35.3 Å². The van der Waals surface area contributed by atoms with Gasteiger partial charge in [-0.15, -0.1) is 35.3 Å². The largest absolute Gasteiger partial charge is 0.357 e. The summed E-state index contributed by atoms with van der Waals surface area (Å²) < 4.78 is 0. The van der Waals surface area contributed by atoms with Crippen LogP contribution in [0.15, 0.2) is 10.4 Å². The molecule has 2 atom stereocenters. The van der Waals surface area contributed by atoms with Crippen molar-refractivity contribution in [3.63, 3.8) is 0 Å². The number of guanidine groups is 1. The highest BCUT2D eigenvalue weighted by Crippen LogP contribution is 2.28. The SMILES string of the molecule is CCNC(=NCCc1nc(C(C)(C)C)cs1)NC1CC1C.I. The second-order valence-electron chi connectivity index (χ2n) is 6.85. The zero-order valence-electron chi connectivity index (χ0n) is 14.3. The maximum absolute atomic E-state index is 4.72. The Bertz CT molecular complexity index is 493. The van der Waals surface area contributed by atoms with Crippen LogP contribution in [0.4, 0.5) is 0 Å². The van der Waals surface area contributed by atoms with Crippen molar-refractivity contribution in [3.8, 4) is 0 Å². The average Bonchev–Trinajstić information content (AvgIpc) is 2.90. The summed E-state index contributed by atoms with van der Waals surface area (Å²) in [5.41, 5.74) is 1.32. The minimum Gasteiger partial charge on any atom is -0.357 e. The fraction of sp³-hybridized carbons (Fsp3) is 0.750. The molecule has 0 spiro atoms. The molecule has 0 aliphatic heterocycles. The van der Waals surface area contributed by atoms with Crippen LogP contribution in [-0.2, 0) is 11.8 Å². The number of rotatable bonds is 5. The molecule has 1 aromatic rings. The standard InChI is InChI=1S/C16H28N4S.HI/c1-6-17-15(19-12-9-11(12)2)18-8-7-14-20-13(10-21-14)16(3,4)5;/h10-12H,6-9H2,1-5H3,(H2,17,18,19);1H. The second-order valence-corrected chi connectivity index (χ2v) is 7.79. The van der Waals surface area contributed by atoms with Gasteiger partial charge in [0.15, 0.2) is 5.96 Å². The highest BCUT2D eigenvalue weighted by molar-refractivity contribution is 14.0. The molecular formula is C16H29IN4S. The van der Waals surface area contributed by atoms with Gasteiger partial charge in [0, 0.05) is 36.3 Å². The Morgan fingerprint density at radius 2 is 2.14 bits per heavy atom. The number of halogens is 1. The predicted octanol–water partition coefficient (Wildman–Crippen LogP) is 3.56. The summed E-state index contributed by atoms with van der Waals surface area (Å²) >= 11 is 1.75. The number of aromatic nitrogens is 1. The number of hydrogen-bond donors (Lipinski definition) is 2. The highest BCUT2D eigenvalue weighted by atomic mass is 127. The van der Waals surface area contributed by atoms with Crippen molar-refractivity contribution in [2.45, 2.75) is 58.9 Å². The van der Waals surface area contributed by atoms with Crippen LogP contribution in [0, 0.1) is 5.92 Å². The summed E-state index contributed by atoms with van der Waals surface area (Å²) in [6.07, 6.45) is 2.17. The molecule has 1 fully saturated rings. The first-order chi connectivity index (χ1) is 9.90. The number of nitrogens with zero attached hydrogens (tertiary/aromatic N) is 2. The lowest BCUT2D eigenvalue weighted by Gasteiger charge is -2.14. The maximum atomic E-state index is 4.72. The molecule has 4 nitrogen and oxygen atoms in total. The predicted molar refractivity (Wildman–Crippen MR) is 107 cm³/mol. The van der Waals surface area contributed by atoms with Crippen LogP contribution in [0.1, 0.15) is 51.7 Å². The van der Waals surface area contributed by atoms with Crippen LogP contribution in [0.2, 0.25) is 0 Å². The highest BCUT2D eigenvalue weighted by Gasteiger charge is 2.33. The van der Waals surface area contributed by atoms with Crippen LogP contribution in [0.5, 0.6) is 0 Å². The van der Waals surface area contributed by atoms with E-state index >= 15 is 0 Å². The van der Waals surface area contributed by atoms with E-state index in [0.717, 1.165) is 31.4 Å². The van der Waals surface area contributed by atoms with E-state index in [1.54, 1.807) is 11.3 Å². The zero-order valence-corrected chi connectivity index (χ0v) is 17.4. The van der Waals surface area contributed by atoms with Crippen LogP contribution < -0.4 is 10.6 Å². The van der Waals surface area contributed by atoms with Gasteiger partial charge in [-0.2, -0.15) is 0 Å². The normalized spacial score (nSPS) is 21.2. The zero-order chi connectivity index (χ0) is 15.5. The van der Waals surface area contributed by atoms with E-state index in [4.69, 9.17) is 4.98 Å². The fourth-order valence-electron chi connectivity index (χ4n) is 2.05. The Kier molecular flexibility index (Phi) is 7.58. The van der Waals surface area contributed by atoms with Crippen molar-refractivity contribution in [2.24, 2.45) is 10.9 Å². The van der Waals surface area contributed by atoms with Crippen molar-refractivity contribution in [2.75, 3.05) is 13.1 Å². The Hall–Kier alpha value is -0.370. The Balaban J connectivity index is 0.00000242. The molecule has 0 bridgehead atoms. The molecule has 1 aliphatic carbocycles. The lowest BCUT2D eigenvalue weighted by Crippen LogP contribution is -2.39. The van der Waals surface area contributed by atoms with Crippen LogP contribution in [-0.4, -0.2) is 30.1 Å². The van der Waals surface area contributed by atoms with Gasteiger partial charge in [0.2, 0.25) is 0 Å². The summed E-state index contributed by atoms with van der Waals surface area (Å²) in [7, 11) is 0. The van der Waals surface area contributed by atoms with Gasteiger partial charge in [-0.05, 0) is 19.3 Å². The topological polar surface area (TPSA) is 49.3 Å². The monoisotopic (exact) mass is 436 g/mol. The quantitative estimate of drug-likeness (QED) is 0.422. The number of hydrogen-bond acceptors (Lipinski definition) is 3. The molecule has 0 saturated heterocycles. The number of thiazole rings is 1. The average molecular weight is 436 g/mol. The van der Waals surface area contributed by atoms with Crippen LogP contribution in [0.25, 0.3) is 0 Å². The van der Waals surface area contributed by atoms with Gasteiger partial charge >= 0.3 is 0 Å². The van der Waals surface area contributed by atoms with Gasteiger partial charge in [-0.3, -0.25) is 4.99 Å². The molecule has 126 valence electrons. The third kappa shape index (κ3) is 6.02. The molecule has 1 aromatic heterocycles. The lowest BCUT2D eigenvalue weighted by atomic mass is 9.93. The third-order valence-electron chi connectivity index (χ3n) is 3.69. The molecule has 1 heterocycles. The maximum Gasteiger partial charge on any atom is 0.191 e. The van der Waals surface area contributed by atoms with Crippen molar-refractivity contribution < 1.29 is 0 Å². The van der Waals surface area contributed by atoms with Crippen molar-refractivity contribution in [1.29, 1.82) is 0 Å². The number of aliphatic imine (C=N–C) groups is 1. The molecule has 0 amide bonds. The summed E-state index contributed by atoms with van der Waals surface area (Å²) in [5.74, 6) is 1.72. The first-order valence-corrected chi connectivity index (χ1v) is 8.78. The first kappa shape index (κ1) is 19.7. The van der Waals surface area contributed by atoms with Gasteiger partial charge in [-0.25, -0.2) is 4.98 Å². The Morgan fingerprint density at radius 3 is 2.64 bits per heavy atom. The van der Waals surface area contributed by atoms with E-state index in [1.165, 1.54) is 17.1 Å². The Labute approximate surface area is 155 Å². The van der Waals surface area contributed by atoms with Crippen LogP contribution in [0.3, 0.4) is 0 Å². The van der Waals surface area contributed by atoms with Gasteiger partial charge in [0.1, 0.15) is 0 Å². The van der Waals surface area contributed by atoms with E-state index in [2.05, 4.69) is 55.6 Å². The van der Waals surface area contributed by atoms with E-state index in [0.29, 0.717) is 6.04 Å². The third-order valence-corrected chi connectivity index (χ3v) is 4.60. The molecule has 2 unspecified atom stereocenters. The molecule has 22 heavy (non-hydrogen) atoms.